The average Bonchev–Trinajstić information content (AvgIpc) is 2.44. The molecule has 7 heteroatoms. The zero-order valence-corrected chi connectivity index (χ0v) is 13.2. The molecule has 0 radical (unpaired) electrons. The van der Waals surface area contributed by atoms with Gasteiger partial charge in [-0.1, -0.05) is 0 Å². The van der Waals surface area contributed by atoms with Gasteiger partial charge in [0, 0.05) is 19.6 Å². The molecule has 2 rings (SSSR count). The van der Waals surface area contributed by atoms with E-state index in [4.69, 9.17) is 15.2 Å². The molecule has 21 heavy (non-hydrogen) atoms. The van der Waals surface area contributed by atoms with Gasteiger partial charge in [0.05, 0.1) is 17.1 Å². The molecule has 0 amide bonds. The zero-order chi connectivity index (χ0) is 15.5. The maximum atomic E-state index is 12.6. The van der Waals surface area contributed by atoms with E-state index in [2.05, 4.69) is 0 Å². The van der Waals surface area contributed by atoms with Gasteiger partial charge in [0.25, 0.3) is 0 Å². The Morgan fingerprint density at radius 2 is 1.81 bits per heavy atom. The number of nitrogens with two attached hydrogens (primary N) is 1. The summed E-state index contributed by atoms with van der Waals surface area (Å²) in [5.41, 5.74) is 5.36. The van der Waals surface area contributed by atoms with Crippen LogP contribution in [0.25, 0.3) is 0 Å². The minimum atomic E-state index is -3.49. The Morgan fingerprint density at radius 3 is 2.33 bits per heavy atom. The highest BCUT2D eigenvalue weighted by atomic mass is 32.2. The third-order valence-electron chi connectivity index (χ3n) is 3.23. The number of benzene rings is 1. The van der Waals surface area contributed by atoms with Crippen molar-refractivity contribution in [3.05, 3.63) is 24.3 Å². The van der Waals surface area contributed by atoms with Crippen LogP contribution >= 0.6 is 0 Å². The van der Waals surface area contributed by atoms with Crippen LogP contribution in [-0.2, 0) is 14.8 Å². The maximum Gasteiger partial charge on any atom is 0.243 e. The first-order chi connectivity index (χ1) is 9.93. The quantitative estimate of drug-likeness (QED) is 0.870. The largest absolute Gasteiger partial charge is 0.492 e. The summed E-state index contributed by atoms with van der Waals surface area (Å²) in [6.45, 7) is 5.33. The summed E-state index contributed by atoms with van der Waals surface area (Å²) < 4.78 is 37.6. The van der Waals surface area contributed by atoms with Gasteiger partial charge in [-0.25, -0.2) is 8.42 Å². The van der Waals surface area contributed by atoms with Crippen molar-refractivity contribution in [3.63, 3.8) is 0 Å². The van der Waals surface area contributed by atoms with Gasteiger partial charge in [-0.05, 0) is 38.1 Å². The third kappa shape index (κ3) is 3.94. The fourth-order valence-corrected chi connectivity index (χ4v) is 3.95. The molecule has 0 bridgehead atoms. The first-order valence-electron chi connectivity index (χ1n) is 7.02. The smallest absolute Gasteiger partial charge is 0.243 e. The molecule has 0 saturated carbocycles. The molecule has 1 saturated heterocycles. The van der Waals surface area contributed by atoms with E-state index in [0.717, 1.165) is 0 Å². The fourth-order valence-electron chi connectivity index (χ4n) is 2.36. The molecule has 1 fully saturated rings. The van der Waals surface area contributed by atoms with Crippen LogP contribution < -0.4 is 10.5 Å². The molecular formula is C14H22N2O4S. The van der Waals surface area contributed by atoms with Gasteiger partial charge in [0.2, 0.25) is 10.0 Å². The number of ether oxygens (including phenoxy) is 2. The summed E-state index contributed by atoms with van der Waals surface area (Å²) in [4.78, 5) is 0.267. The van der Waals surface area contributed by atoms with Gasteiger partial charge in [0.1, 0.15) is 12.4 Å². The number of hydrogen-bond donors (Lipinski definition) is 1. The van der Waals surface area contributed by atoms with Crippen molar-refractivity contribution in [2.45, 2.75) is 31.0 Å². The van der Waals surface area contributed by atoms with Crippen LogP contribution in [0.1, 0.15) is 13.8 Å². The highest BCUT2D eigenvalue weighted by Gasteiger charge is 2.32. The van der Waals surface area contributed by atoms with Crippen LogP contribution in [0, 0.1) is 0 Å². The highest BCUT2D eigenvalue weighted by Crippen LogP contribution is 2.23. The van der Waals surface area contributed by atoms with Crippen LogP contribution in [0.4, 0.5) is 0 Å². The zero-order valence-electron chi connectivity index (χ0n) is 12.4. The Bertz CT molecular complexity index is 549. The highest BCUT2D eigenvalue weighted by molar-refractivity contribution is 7.89. The predicted octanol–water partition coefficient (Wildman–Crippen LogP) is 0.822. The molecule has 0 aromatic heterocycles. The van der Waals surface area contributed by atoms with Crippen LogP contribution in [0.3, 0.4) is 0 Å². The monoisotopic (exact) mass is 314 g/mol. The Labute approximate surface area is 125 Å². The van der Waals surface area contributed by atoms with Gasteiger partial charge < -0.3 is 15.2 Å². The number of rotatable bonds is 5. The summed E-state index contributed by atoms with van der Waals surface area (Å²) in [6, 6.07) is 6.42. The molecule has 1 aromatic rings. The van der Waals surface area contributed by atoms with Gasteiger partial charge in [-0.3, -0.25) is 0 Å². The van der Waals surface area contributed by atoms with Crippen LogP contribution in [-0.4, -0.2) is 51.2 Å². The van der Waals surface area contributed by atoms with Gasteiger partial charge in [-0.2, -0.15) is 4.31 Å². The van der Waals surface area contributed by atoms with Crippen molar-refractivity contribution >= 4 is 10.0 Å². The van der Waals surface area contributed by atoms with Crippen LogP contribution in [0.15, 0.2) is 29.2 Å². The summed E-state index contributed by atoms with van der Waals surface area (Å²) in [5, 5.41) is 0. The summed E-state index contributed by atoms with van der Waals surface area (Å²) >= 11 is 0. The van der Waals surface area contributed by atoms with Crippen molar-refractivity contribution < 1.29 is 17.9 Å². The van der Waals surface area contributed by atoms with E-state index in [9.17, 15) is 8.42 Å². The van der Waals surface area contributed by atoms with E-state index in [1.807, 2.05) is 13.8 Å². The van der Waals surface area contributed by atoms with Crippen molar-refractivity contribution in [1.29, 1.82) is 0 Å². The predicted molar refractivity (Wildman–Crippen MR) is 79.8 cm³/mol. The number of nitrogens with zero attached hydrogens (tertiary/aromatic N) is 1. The molecule has 1 aliphatic heterocycles. The van der Waals surface area contributed by atoms with Crippen molar-refractivity contribution in [1.82, 2.24) is 4.31 Å². The Morgan fingerprint density at radius 1 is 1.24 bits per heavy atom. The van der Waals surface area contributed by atoms with Crippen molar-refractivity contribution in [2.24, 2.45) is 5.73 Å². The second-order valence-electron chi connectivity index (χ2n) is 5.19. The molecule has 118 valence electrons. The maximum absolute atomic E-state index is 12.6. The lowest BCUT2D eigenvalue weighted by molar-refractivity contribution is -0.0440. The number of hydrogen-bond acceptors (Lipinski definition) is 5. The minimum Gasteiger partial charge on any atom is -0.492 e. The minimum absolute atomic E-state index is 0.101. The molecular weight excluding hydrogens is 292 g/mol. The SMILES string of the molecule is CC1CN(S(=O)(=O)c2ccc(OCCN)cc2)CC(C)O1. The molecule has 6 nitrogen and oxygen atoms in total. The Kier molecular flexibility index (Phi) is 5.21. The Balaban J connectivity index is 2.15. The van der Waals surface area contributed by atoms with E-state index in [1.165, 1.54) is 4.31 Å². The summed E-state index contributed by atoms with van der Waals surface area (Å²) in [7, 11) is -3.49. The average molecular weight is 314 g/mol. The molecule has 2 unspecified atom stereocenters. The second kappa shape index (κ2) is 6.74. The Hall–Kier alpha value is -1.15. The van der Waals surface area contributed by atoms with E-state index < -0.39 is 10.0 Å². The molecule has 1 heterocycles. The number of morpholine rings is 1. The lowest BCUT2D eigenvalue weighted by atomic mass is 10.3. The van der Waals surface area contributed by atoms with Crippen molar-refractivity contribution in [2.75, 3.05) is 26.2 Å². The normalized spacial score (nSPS) is 24.0. The molecule has 1 aliphatic rings. The lowest BCUT2D eigenvalue weighted by Crippen LogP contribution is -2.48. The van der Waals surface area contributed by atoms with E-state index >= 15 is 0 Å². The van der Waals surface area contributed by atoms with Crippen LogP contribution in [0.2, 0.25) is 0 Å². The third-order valence-corrected chi connectivity index (χ3v) is 5.08. The van der Waals surface area contributed by atoms with E-state index in [-0.39, 0.29) is 17.1 Å². The summed E-state index contributed by atoms with van der Waals surface area (Å²) in [6.07, 6.45) is -0.202. The van der Waals surface area contributed by atoms with E-state index in [1.54, 1.807) is 24.3 Å². The second-order valence-corrected chi connectivity index (χ2v) is 7.13. The molecule has 0 spiro atoms. The lowest BCUT2D eigenvalue weighted by Gasteiger charge is -2.34. The van der Waals surface area contributed by atoms with Gasteiger partial charge >= 0.3 is 0 Å². The van der Waals surface area contributed by atoms with Gasteiger partial charge in [0.15, 0.2) is 0 Å². The standard InChI is InChI=1S/C14H22N2O4S/c1-11-9-16(10-12(2)20-11)21(17,18)14-5-3-13(4-6-14)19-8-7-15/h3-6,11-12H,7-10,15H2,1-2H3. The number of sulfonamides is 1. The fraction of sp³-hybridized carbons (Fsp3) is 0.571. The molecule has 0 aliphatic carbocycles. The molecule has 1 aromatic carbocycles. The van der Waals surface area contributed by atoms with Crippen molar-refractivity contribution in [3.8, 4) is 5.75 Å². The summed E-state index contributed by atoms with van der Waals surface area (Å²) in [5.74, 6) is 0.614. The first kappa shape index (κ1) is 16.2. The molecule has 2 N–H and O–H groups in total. The van der Waals surface area contributed by atoms with Gasteiger partial charge in [-0.15, -0.1) is 0 Å². The first-order valence-corrected chi connectivity index (χ1v) is 8.46. The molecule has 2 atom stereocenters. The van der Waals surface area contributed by atoms with Crippen LogP contribution in [0.5, 0.6) is 5.75 Å². The topological polar surface area (TPSA) is 81.9 Å². The van der Waals surface area contributed by atoms with E-state index in [0.29, 0.717) is 32.0 Å².